The number of amides is 2. The zero-order chi connectivity index (χ0) is 18.2. The van der Waals surface area contributed by atoms with Gasteiger partial charge < -0.3 is 15.1 Å². The molecule has 0 unspecified atom stereocenters. The Kier molecular flexibility index (Phi) is 4.52. The molecule has 2 amide bonds. The second kappa shape index (κ2) is 6.36. The van der Waals surface area contributed by atoms with Gasteiger partial charge in [-0.2, -0.15) is 0 Å². The first-order valence-electron chi connectivity index (χ1n) is 9.17. The zero-order valence-corrected chi connectivity index (χ0v) is 15.8. The minimum Gasteiger partial charge on any atom is -0.369 e. The SMILES string of the molecule is CC(=O)N1CCC2(CC1)Nc1ccccc1N(CCC(C)(C)C)C2=O. The van der Waals surface area contributed by atoms with Crippen LogP contribution in [-0.2, 0) is 9.59 Å². The number of rotatable bonds is 2. The molecule has 2 aliphatic rings. The van der Waals surface area contributed by atoms with Crippen LogP contribution in [0.3, 0.4) is 0 Å². The summed E-state index contributed by atoms with van der Waals surface area (Å²) in [5, 5.41) is 3.52. The van der Waals surface area contributed by atoms with Crippen molar-refractivity contribution in [3.63, 3.8) is 0 Å². The lowest BCUT2D eigenvalue weighted by Gasteiger charge is -2.48. The highest BCUT2D eigenvalue weighted by Gasteiger charge is 2.47. The summed E-state index contributed by atoms with van der Waals surface area (Å²) < 4.78 is 0. The molecule has 0 aliphatic carbocycles. The Balaban J connectivity index is 1.88. The second-order valence-electron chi connectivity index (χ2n) is 8.50. The highest BCUT2D eigenvalue weighted by Crippen LogP contribution is 2.40. The number of likely N-dealkylation sites (tertiary alicyclic amines) is 1. The minimum atomic E-state index is -0.585. The first kappa shape index (κ1) is 17.8. The third-order valence-electron chi connectivity index (χ3n) is 5.37. The Morgan fingerprint density at radius 2 is 1.84 bits per heavy atom. The molecule has 0 radical (unpaired) electrons. The fourth-order valence-corrected chi connectivity index (χ4v) is 3.71. The van der Waals surface area contributed by atoms with E-state index in [9.17, 15) is 9.59 Å². The number of anilines is 2. The van der Waals surface area contributed by atoms with Gasteiger partial charge in [0.15, 0.2) is 0 Å². The van der Waals surface area contributed by atoms with E-state index >= 15 is 0 Å². The van der Waals surface area contributed by atoms with Crippen LogP contribution in [0.1, 0.15) is 47.0 Å². The van der Waals surface area contributed by atoms with Crippen LogP contribution in [0.5, 0.6) is 0 Å². The van der Waals surface area contributed by atoms with Gasteiger partial charge >= 0.3 is 0 Å². The van der Waals surface area contributed by atoms with Crippen LogP contribution in [-0.4, -0.2) is 41.9 Å². The average Bonchev–Trinajstić information content (AvgIpc) is 2.55. The maximum Gasteiger partial charge on any atom is 0.252 e. The number of piperidine rings is 1. The van der Waals surface area contributed by atoms with Crippen molar-refractivity contribution >= 4 is 23.2 Å². The molecule has 1 aromatic rings. The number of hydrogen-bond donors (Lipinski definition) is 1. The van der Waals surface area contributed by atoms with Crippen molar-refractivity contribution in [2.75, 3.05) is 29.9 Å². The van der Waals surface area contributed by atoms with Gasteiger partial charge in [-0.15, -0.1) is 0 Å². The summed E-state index contributed by atoms with van der Waals surface area (Å²) in [6.07, 6.45) is 2.26. The highest BCUT2D eigenvalue weighted by molar-refractivity contribution is 6.08. The van der Waals surface area contributed by atoms with Gasteiger partial charge in [0, 0.05) is 26.6 Å². The van der Waals surface area contributed by atoms with Crippen molar-refractivity contribution in [1.82, 2.24) is 4.90 Å². The van der Waals surface area contributed by atoms with Gasteiger partial charge in [-0.3, -0.25) is 9.59 Å². The zero-order valence-electron chi connectivity index (χ0n) is 15.8. The number of nitrogens with one attached hydrogen (secondary N) is 1. The Morgan fingerprint density at radius 1 is 1.20 bits per heavy atom. The van der Waals surface area contributed by atoms with E-state index in [2.05, 4.69) is 26.1 Å². The quantitative estimate of drug-likeness (QED) is 0.897. The molecular weight excluding hydrogens is 314 g/mol. The van der Waals surface area contributed by atoms with Crippen LogP contribution in [0.4, 0.5) is 11.4 Å². The topological polar surface area (TPSA) is 52.7 Å². The molecule has 1 aromatic carbocycles. The molecule has 3 rings (SSSR count). The van der Waals surface area contributed by atoms with E-state index < -0.39 is 5.54 Å². The van der Waals surface area contributed by atoms with Crippen molar-refractivity contribution in [3.8, 4) is 0 Å². The highest BCUT2D eigenvalue weighted by atomic mass is 16.2. The maximum absolute atomic E-state index is 13.4. The molecule has 2 aliphatic heterocycles. The predicted octanol–water partition coefficient (Wildman–Crippen LogP) is 3.26. The lowest BCUT2D eigenvalue weighted by molar-refractivity contribution is -0.133. The van der Waals surface area contributed by atoms with Crippen LogP contribution in [0.25, 0.3) is 0 Å². The summed E-state index contributed by atoms with van der Waals surface area (Å²) in [4.78, 5) is 28.8. The predicted molar refractivity (Wildman–Crippen MR) is 101 cm³/mol. The minimum absolute atomic E-state index is 0.0862. The van der Waals surface area contributed by atoms with E-state index in [-0.39, 0.29) is 17.2 Å². The smallest absolute Gasteiger partial charge is 0.252 e. The lowest BCUT2D eigenvalue weighted by Crippen LogP contribution is -2.62. The summed E-state index contributed by atoms with van der Waals surface area (Å²) in [7, 11) is 0. The summed E-state index contributed by atoms with van der Waals surface area (Å²) >= 11 is 0. The van der Waals surface area contributed by atoms with Gasteiger partial charge in [0.05, 0.1) is 11.4 Å². The van der Waals surface area contributed by atoms with Crippen LogP contribution < -0.4 is 10.2 Å². The fraction of sp³-hybridized carbons (Fsp3) is 0.600. The molecule has 5 heteroatoms. The number of carbonyl (C=O) groups is 2. The summed E-state index contributed by atoms with van der Waals surface area (Å²) in [6.45, 7) is 10.2. The van der Waals surface area contributed by atoms with E-state index in [1.165, 1.54) is 0 Å². The van der Waals surface area contributed by atoms with Crippen molar-refractivity contribution < 1.29 is 9.59 Å². The summed E-state index contributed by atoms with van der Waals surface area (Å²) in [6, 6.07) is 8.04. The van der Waals surface area contributed by atoms with Gasteiger partial charge in [0.25, 0.3) is 5.91 Å². The number of benzene rings is 1. The van der Waals surface area contributed by atoms with Crippen molar-refractivity contribution in [2.24, 2.45) is 5.41 Å². The molecule has 1 N–H and O–H groups in total. The molecule has 25 heavy (non-hydrogen) atoms. The van der Waals surface area contributed by atoms with Gasteiger partial charge in [-0.05, 0) is 36.8 Å². The summed E-state index contributed by atoms with van der Waals surface area (Å²) in [5.41, 5.74) is 1.58. The molecule has 2 heterocycles. The Bertz CT molecular complexity index is 670. The fourth-order valence-electron chi connectivity index (χ4n) is 3.71. The molecule has 0 aromatic heterocycles. The van der Waals surface area contributed by atoms with Crippen LogP contribution in [0, 0.1) is 5.41 Å². The lowest BCUT2D eigenvalue weighted by atomic mass is 9.83. The van der Waals surface area contributed by atoms with E-state index in [1.807, 2.05) is 34.1 Å². The molecular formula is C20H29N3O2. The molecule has 1 spiro atoms. The largest absolute Gasteiger partial charge is 0.369 e. The molecule has 1 fully saturated rings. The molecule has 5 nitrogen and oxygen atoms in total. The van der Waals surface area contributed by atoms with E-state index in [4.69, 9.17) is 0 Å². The Labute approximate surface area is 150 Å². The normalized spacial score (nSPS) is 19.6. The van der Waals surface area contributed by atoms with E-state index in [0.717, 1.165) is 24.3 Å². The van der Waals surface area contributed by atoms with Crippen LogP contribution in [0.15, 0.2) is 24.3 Å². The van der Waals surface area contributed by atoms with Gasteiger partial charge in [-0.25, -0.2) is 0 Å². The third kappa shape index (κ3) is 3.51. The monoisotopic (exact) mass is 343 g/mol. The van der Waals surface area contributed by atoms with Crippen molar-refractivity contribution in [3.05, 3.63) is 24.3 Å². The molecule has 1 saturated heterocycles. The maximum atomic E-state index is 13.4. The number of para-hydroxylation sites is 2. The molecule has 0 atom stereocenters. The first-order chi connectivity index (χ1) is 11.7. The van der Waals surface area contributed by atoms with E-state index in [0.29, 0.717) is 25.9 Å². The van der Waals surface area contributed by atoms with Crippen LogP contribution >= 0.6 is 0 Å². The van der Waals surface area contributed by atoms with Gasteiger partial charge in [0.1, 0.15) is 5.54 Å². The molecule has 136 valence electrons. The summed E-state index contributed by atoms with van der Waals surface area (Å²) in [5.74, 6) is 0.238. The first-order valence-corrected chi connectivity index (χ1v) is 9.17. The number of fused-ring (bicyclic) bond motifs is 1. The Hall–Kier alpha value is -2.04. The van der Waals surface area contributed by atoms with Gasteiger partial charge in [-0.1, -0.05) is 32.9 Å². The standard InChI is InChI=1S/C20H29N3O2/c1-15(24)22-12-10-20(11-13-22)18(25)23(14-9-19(2,3)4)17-8-6-5-7-16(17)21-20/h5-8,21H,9-14H2,1-4H3. The van der Waals surface area contributed by atoms with Crippen LogP contribution in [0.2, 0.25) is 0 Å². The molecule has 0 saturated carbocycles. The third-order valence-corrected chi connectivity index (χ3v) is 5.37. The van der Waals surface area contributed by atoms with E-state index in [1.54, 1.807) is 6.92 Å². The Morgan fingerprint density at radius 3 is 2.44 bits per heavy atom. The van der Waals surface area contributed by atoms with Gasteiger partial charge in [0.2, 0.25) is 5.91 Å². The van der Waals surface area contributed by atoms with Crippen molar-refractivity contribution in [1.29, 1.82) is 0 Å². The van der Waals surface area contributed by atoms with Crippen molar-refractivity contribution in [2.45, 2.75) is 52.5 Å². The number of hydrogen-bond acceptors (Lipinski definition) is 3. The number of nitrogens with zero attached hydrogens (tertiary/aromatic N) is 2. The second-order valence-corrected chi connectivity index (χ2v) is 8.50. The molecule has 0 bridgehead atoms. The average molecular weight is 343 g/mol. The number of carbonyl (C=O) groups excluding carboxylic acids is 2.